The summed E-state index contributed by atoms with van der Waals surface area (Å²) >= 11 is 0. The van der Waals surface area contributed by atoms with E-state index in [9.17, 15) is 4.79 Å². The van der Waals surface area contributed by atoms with Crippen LogP contribution in [0.25, 0.3) is 5.69 Å². The zero-order valence-corrected chi connectivity index (χ0v) is 12.5. The number of para-hydroxylation sites is 1. The van der Waals surface area contributed by atoms with Gasteiger partial charge in [-0.1, -0.05) is 18.2 Å². The summed E-state index contributed by atoms with van der Waals surface area (Å²) in [6.45, 7) is 3.36. The number of amides is 1. The summed E-state index contributed by atoms with van der Waals surface area (Å²) in [5.41, 5.74) is 1.59. The van der Waals surface area contributed by atoms with Crippen LogP contribution >= 0.6 is 0 Å². The summed E-state index contributed by atoms with van der Waals surface area (Å²) < 4.78 is 1.74. The first kappa shape index (κ1) is 13.5. The maximum absolute atomic E-state index is 12.5. The number of carbonyl (C=O) groups excluding carboxylic acids is 1. The normalized spacial score (nSPS) is 26.8. The quantitative estimate of drug-likeness (QED) is 0.938. The first-order valence-corrected chi connectivity index (χ1v) is 7.93. The molecule has 114 valence electrons. The van der Waals surface area contributed by atoms with Gasteiger partial charge in [0.05, 0.1) is 17.4 Å². The molecular weight excluding hydrogens is 276 g/mol. The Bertz CT molecular complexity index is 658. The molecule has 3 saturated heterocycles. The van der Waals surface area contributed by atoms with Crippen LogP contribution in [0, 0.1) is 5.92 Å². The van der Waals surface area contributed by atoms with E-state index in [1.807, 2.05) is 30.3 Å². The van der Waals surface area contributed by atoms with Gasteiger partial charge in [0.2, 0.25) is 0 Å². The zero-order valence-electron chi connectivity index (χ0n) is 12.5. The van der Waals surface area contributed by atoms with Gasteiger partial charge in [0, 0.05) is 18.8 Å². The highest BCUT2D eigenvalue weighted by Crippen LogP contribution is 2.27. The molecule has 5 nitrogen and oxygen atoms in total. The Hall–Kier alpha value is -2.14. The van der Waals surface area contributed by atoms with E-state index in [0.29, 0.717) is 11.5 Å². The Morgan fingerprint density at radius 2 is 1.95 bits per heavy atom. The average molecular weight is 296 g/mol. The molecule has 3 aliphatic heterocycles. The lowest BCUT2D eigenvalue weighted by molar-refractivity contribution is 0.0620. The minimum absolute atomic E-state index is 0.0130. The van der Waals surface area contributed by atoms with E-state index in [1.54, 1.807) is 17.1 Å². The number of nitrogens with zero attached hydrogens (tertiary/aromatic N) is 3. The number of hydrogen-bond donors (Lipinski definition) is 1. The summed E-state index contributed by atoms with van der Waals surface area (Å²) in [7, 11) is 0. The third-order valence-electron chi connectivity index (χ3n) is 4.84. The fourth-order valence-electron chi connectivity index (χ4n) is 3.54. The third kappa shape index (κ3) is 2.52. The third-order valence-corrected chi connectivity index (χ3v) is 4.84. The van der Waals surface area contributed by atoms with Crippen molar-refractivity contribution >= 4 is 5.91 Å². The van der Waals surface area contributed by atoms with E-state index in [2.05, 4.69) is 15.3 Å². The lowest BCUT2D eigenvalue weighted by Crippen LogP contribution is -2.57. The Morgan fingerprint density at radius 3 is 2.64 bits per heavy atom. The lowest BCUT2D eigenvalue weighted by Gasteiger charge is -2.44. The van der Waals surface area contributed by atoms with Crippen molar-refractivity contribution in [2.24, 2.45) is 5.92 Å². The molecular formula is C17H20N4O. The highest BCUT2D eigenvalue weighted by molar-refractivity contribution is 5.94. The molecule has 4 heterocycles. The molecule has 1 unspecified atom stereocenters. The number of rotatable bonds is 3. The molecule has 1 N–H and O–H groups in total. The van der Waals surface area contributed by atoms with Gasteiger partial charge in [0.15, 0.2) is 0 Å². The second-order valence-electron chi connectivity index (χ2n) is 6.23. The molecule has 3 fully saturated rings. The summed E-state index contributed by atoms with van der Waals surface area (Å²) in [5, 5.41) is 7.49. The number of piperidine rings is 3. The summed E-state index contributed by atoms with van der Waals surface area (Å²) in [5.74, 6) is 0.624. The van der Waals surface area contributed by atoms with Crippen LogP contribution in [0.3, 0.4) is 0 Å². The van der Waals surface area contributed by atoms with Gasteiger partial charge in [0.25, 0.3) is 5.91 Å². The van der Waals surface area contributed by atoms with Crippen molar-refractivity contribution in [1.29, 1.82) is 0 Å². The molecule has 2 aromatic rings. The molecule has 1 amide bonds. The van der Waals surface area contributed by atoms with Crippen molar-refractivity contribution in [2.45, 2.75) is 18.9 Å². The molecule has 3 aliphatic rings. The van der Waals surface area contributed by atoms with E-state index in [-0.39, 0.29) is 11.9 Å². The molecule has 5 heteroatoms. The number of aromatic nitrogens is 2. The van der Waals surface area contributed by atoms with Gasteiger partial charge in [-0.15, -0.1) is 0 Å². The first-order chi connectivity index (χ1) is 10.8. The van der Waals surface area contributed by atoms with Gasteiger partial charge >= 0.3 is 0 Å². The van der Waals surface area contributed by atoms with Crippen LogP contribution in [0.2, 0.25) is 0 Å². The van der Waals surface area contributed by atoms with Gasteiger partial charge in [-0.2, -0.15) is 5.10 Å². The number of nitrogens with one attached hydrogen (secondary N) is 1. The van der Waals surface area contributed by atoms with Gasteiger partial charge in [-0.05, 0) is 44.0 Å². The van der Waals surface area contributed by atoms with Crippen molar-refractivity contribution in [2.75, 3.05) is 19.6 Å². The second-order valence-corrected chi connectivity index (χ2v) is 6.23. The fourth-order valence-corrected chi connectivity index (χ4v) is 3.54. The molecule has 0 aliphatic carbocycles. The van der Waals surface area contributed by atoms with Crippen LogP contribution in [0.4, 0.5) is 0 Å². The topological polar surface area (TPSA) is 50.2 Å². The summed E-state index contributed by atoms with van der Waals surface area (Å²) in [4.78, 5) is 14.9. The number of carbonyl (C=O) groups is 1. The van der Waals surface area contributed by atoms with Crippen molar-refractivity contribution in [3.63, 3.8) is 0 Å². The largest absolute Gasteiger partial charge is 0.348 e. The molecule has 0 radical (unpaired) electrons. The van der Waals surface area contributed by atoms with Crippen LogP contribution < -0.4 is 5.32 Å². The number of benzene rings is 1. The second kappa shape index (κ2) is 5.57. The van der Waals surface area contributed by atoms with Crippen molar-refractivity contribution in [3.8, 4) is 5.69 Å². The highest BCUT2D eigenvalue weighted by atomic mass is 16.1. The van der Waals surface area contributed by atoms with Crippen molar-refractivity contribution in [1.82, 2.24) is 20.0 Å². The van der Waals surface area contributed by atoms with Crippen LogP contribution in [0.1, 0.15) is 23.2 Å². The Balaban J connectivity index is 1.46. The molecule has 1 atom stereocenters. The minimum atomic E-state index is -0.0130. The average Bonchev–Trinajstić information content (AvgIpc) is 3.07. The van der Waals surface area contributed by atoms with Crippen molar-refractivity contribution < 1.29 is 4.79 Å². The maximum Gasteiger partial charge on any atom is 0.254 e. The van der Waals surface area contributed by atoms with Crippen LogP contribution in [0.15, 0.2) is 42.7 Å². The van der Waals surface area contributed by atoms with Gasteiger partial charge in [0.1, 0.15) is 0 Å². The van der Waals surface area contributed by atoms with Gasteiger partial charge < -0.3 is 10.2 Å². The monoisotopic (exact) mass is 296 g/mol. The zero-order chi connectivity index (χ0) is 14.9. The molecule has 2 bridgehead atoms. The Labute approximate surface area is 129 Å². The Kier molecular flexibility index (Phi) is 3.42. The van der Waals surface area contributed by atoms with Crippen LogP contribution in [-0.4, -0.2) is 46.3 Å². The lowest BCUT2D eigenvalue weighted by atomic mass is 9.84. The fraction of sp³-hybridized carbons (Fsp3) is 0.412. The van der Waals surface area contributed by atoms with Gasteiger partial charge in [-0.25, -0.2) is 4.68 Å². The summed E-state index contributed by atoms with van der Waals surface area (Å²) in [6.07, 6.45) is 5.85. The molecule has 5 rings (SSSR count). The predicted molar refractivity (Wildman–Crippen MR) is 84.0 cm³/mol. The van der Waals surface area contributed by atoms with Crippen LogP contribution in [0.5, 0.6) is 0 Å². The predicted octanol–water partition coefficient (Wildman–Crippen LogP) is 1.70. The number of hydrogen-bond acceptors (Lipinski definition) is 3. The maximum atomic E-state index is 12.5. The molecule has 0 spiro atoms. The first-order valence-electron chi connectivity index (χ1n) is 7.93. The van der Waals surface area contributed by atoms with E-state index < -0.39 is 0 Å². The van der Waals surface area contributed by atoms with Crippen LogP contribution in [-0.2, 0) is 0 Å². The number of fused-ring (bicyclic) bond motifs is 3. The smallest absolute Gasteiger partial charge is 0.254 e. The van der Waals surface area contributed by atoms with Gasteiger partial charge in [-0.3, -0.25) is 4.79 Å². The minimum Gasteiger partial charge on any atom is -0.348 e. The van der Waals surface area contributed by atoms with E-state index in [0.717, 1.165) is 12.2 Å². The van der Waals surface area contributed by atoms with Crippen molar-refractivity contribution in [3.05, 3.63) is 48.3 Å². The standard InChI is InChI=1S/C17H20N4O/c22-17(19-16-12-20-8-6-13(16)7-9-20)14-10-18-21(11-14)15-4-2-1-3-5-15/h1-5,10-11,13,16H,6-9,12H2,(H,19,22). The SMILES string of the molecule is O=C(NC1CN2CCC1CC2)c1cnn(-c2ccccc2)c1. The molecule has 0 saturated carbocycles. The summed E-state index contributed by atoms with van der Waals surface area (Å²) in [6, 6.07) is 10.1. The van der Waals surface area contributed by atoms with E-state index >= 15 is 0 Å². The highest BCUT2D eigenvalue weighted by Gasteiger charge is 2.35. The van der Waals surface area contributed by atoms with E-state index in [4.69, 9.17) is 0 Å². The molecule has 22 heavy (non-hydrogen) atoms. The molecule has 1 aromatic carbocycles. The van der Waals surface area contributed by atoms with E-state index in [1.165, 1.54) is 25.9 Å². The Morgan fingerprint density at radius 1 is 1.18 bits per heavy atom. The molecule has 1 aromatic heterocycles.